The molecule has 0 aliphatic heterocycles. The molecule has 9 heteroatoms. The topological polar surface area (TPSA) is 89.7 Å². The van der Waals surface area contributed by atoms with Gasteiger partial charge >= 0.3 is 11.9 Å². The second-order valence-corrected chi connectivity index (χ2v) is 5.12. The highest BCUT2D eigenvalue weighted by Gasteiger charge is 2.30. The summed E-state index contributed by atoms with van der Waals surface area (Å²) in [5, 5.41) is 20.6. The van der Waals surface area contributed by atoms with Crippen molar-refractivity contribution in [2.75, 3.05) is 7.11 Å². The molecule has 26 heavy (non-hydrogen) atoms. The largest absolute Gasteiger partial charge is 0.500 e. The average Bonchev–Trinajstić information content (AvgIpc) is 2.59. The van der Waals surface area contributed by atoms with E-state index in [0.717, 1.165) is 24.3 Å². The number of carbonyl (C=O) groups is 1. The van der Waals surface area contributed by atoms with Crippen LogP contribution in [-0.4, -0.2) is 22.9 Å². The highest BCUT2D eigenvalue weighted by molar-refractivity contribution is 6.07. The summed E-state index contributed by atoms with van der Waals surface area (Å²) in [5.41, 5.74) is -1.61. The number of aromatic hydroxyl groups is 1. The zero-order valence-electron chi connectivity index (χ0n) is 13.3. The van der Waals surface area contributed by atoms with E-state index in [2.05, 4.69) is 0 Å². The van der Waals surface area contributed by atoms with Gasteiger partial charge in [0.1, 0.15) is 0 Å². The van der Waals surface area contributed by atoms with Crippen LogP contribution in [0.2, 0.25) is 0 Å². The van der Waals surface area contributed by atoms with Gasteiger partial charge in [-0.05, 0) is 29.8 Å². The number of hydrogen-bond donors (Lipinski definition) is 1. The van der Waals surface area contributed by atoms with E-state index in [9.17, 15) is 33.2 Å². The number of phenols is 1. The lowest BCUT2D eigenvalue weighted by Gasteiger charge is -2.07. The summed E-state index contributed by atoms with van der Waals surface area (Å²) >= 11 is 0. The lowest BCUT2D eigenvalue weighted by molar-refractivity contribution is -0.386. The van der Waals surface area contributed by atoms with Crippen molar-refractivity contribution in [1.82, 2.24) is 0 Å². The molecule has 0 radical (unpaired) electrons. The molecule has 136 valence electrons. The van der Waals surface area contributed by atoms with Crippen molar-refractivity contribution in [3.05, 3.63) is 69.3 Å². The van der Waals surface area contributed by atoms with E-state index in [1.165, 1.54) is 25.3 Å². The average molecular weight is 367 g/mol. The quantitative estimate of drug-likeness (QED) is 0.370. The van der Waals surface area contributed by atoms with Crippen LogP contribution < -0.4 is 4.74 Å². The molecule has 0 aliphatic carbocycles. The highest BCUT2D eigenvalue weighted by Crippen LogP contribution is 2.37. The Balaban J connectivity index is 2.34. The van der Waals surface area contributed by atoms with Crippen molar-refractivity contribution in [2.24, 2.45) is 0 Å². The van der Waals surface area contributed by atoms with Crippen molar-refractivity contribution in [1.29, 1.82) is 0 Å². The Kier molecular flexibility index (Phi) is 5.30. The number of rotatable bonds is 5. The summed E-state index contributed by atoms with van der Waals surface area (Å²) < 4.78 is 42.9. The number of alkyl halides is 3. The normalized spacial score (nSPS) is 11.5. The smallest absolute Gasteiger partial charge is 0.416 e. The maximum atomic E-state index is 12.7. The predicted molar refractivity (Wildman–Crippen MR) is 86.1 cm³/mol. The van der Waals surface area contributed by atoms with Crippen molar-refractivity contribution in [3.8, 4) is 11.5 Å². The summed E-state index contributed by atoms with van der Waals surface area (Å²) in [4.78, 5) is 22.2. The first kappa shape index (κ1) is 19.0. The Labute approximate surface area is 145 Å². The molecule has 0 saturated carbocycles. The zero-order valence-corrected chi connectivity index (χ0v) is 13.3. The molecule has 0 saturated heterocycles. The van der Waals surface area contributed by atoms with Crippen LogP contribution >= 0.6 is 0 Å². The molecule has 0 amide bonds. The number of methoxy groups -OCH3 is 1. The van der Waals surface area contributed by atoms with Crippen molar-refractivity contribution >= 4 is 17.5 Å². The van der Waals surface area contributed by atoms with Gasteiger partial charge in [-0.2, -0.15) is 13.2 Å². The first-order chi connectivity index (χ1) is 12.1. The molecular weight excluding hydrogens is 355 g/mol. The number of nitro benzene ring substituents is 1. The van der Waals surface area contributed by atoms with Crippen LogP contribution in [0, 0.1) is 10.1 Å². The number of allylic oxidation sites excluding steroid dienone is 1. The highest BCUT2D eigenvalue weighted by atomic mass is 19.4. The third-order valence-corrected chi connectivity index (χ3v) is 3.40. The molecule has 0 spiro atoms. The minimum atomic E-state index is -4.58. The van der Waals surface area contributed by atoms with Crippen LogP contribution in [0.4, 0.5) is 18.9 Å². The number of nitro groups is 1. The van der Waals surface area contributed by atoms with Gasteiger partial charge in [-0.25, -0.2) is 0 Å². The molecule has 0 aromatic heterocycles. The third kappa shape index (κ3) is 4.18. The number of hydrogen-bond acceptors (Lipinski definition) is 5. The summed E-state index contributed by atoms with van der Waals surface area (Å²) in [6, 6.07) is 6.15. The summed E-state index contributed by atoms with van der Waals surface area (Å²) in [5.74, 6) is -1.56. The van der Waals surface area contributed by atoms with E-state index in [0.29, 0.717) is 6.07 Å². The number of ether oxygens (including phenoxy) is 1. The van der Waals surface area contributed by atoms with Gasteiger partial charge in [-0.1, -0.05) is 18.2 Å². The molecule has 0 fully saturated rings. The van der Waals surface area contributed by atoms with E-state index < -0.39 is 33.9 Å². The SMILES string of the molecule is COc1cc(/C=C/C(=O)c2cccc(C(F)(F)F)c2)cc([N+](=O)[O-])c1O. The van der Waals surface area contributed by atoms with E-state index >= 15 is 0 Å². The second kappa shape index (κ2) is 7.26. The first-order valence-corrected chi connectivity index (χ1v) is 7.08. The summed E-state index contributed by atoms with van der Waals surface area (Å²) in [6.07, 6.45) is -2.42. The van der Waals surface area contributed by atoms with E-state index in [1.54, 1.807) is 0 Å². The Morgan fingerprint density at radius 2 is 1.96 bits per heavy atom. The van der Waals surface area contributed by atoms with Crippen LogP contribution in [0.1, 0.15) is 21.5 Å². The molecule has 2 rings (SSSR count). The fourth-order valence-electron chi connectivity index (χ4n) is 2.12. The molecule has 6 nitrogen and oxygen atoms in total. The lowest BCUT2D eigenvalue weighted by Crippen LogP contribution is -2.06. The standard InChI is InChI=1S/C17H12F3NO5/c1-26-15-8-10(7-13(16(15)23)21(24)25)5-6-14(22)11-3-2-4-12(9-11)17(18,19)20/h2-9,23H,1H3/b6-5+. The van der Waals surface area contributed by atoms with E-state index in [1.807, 2.05) is 0 Å². The Hall–Kier alpha value is -3.36. The van der Waals surface area contributed by atoms with Crippen LogP contribution in [0.15, 0.2) is 42.5 Å². The molecule has 2 aromatic carbocycles. The van der Waals surface area contributed by atoms with Gasteiger partial charge in [0, 0.05) is 11.6 Å². The number of benzene rings is 2. The van der Waals surface area contributed by atoms with Gasteiger partial charge in [-0.15, -0.1) is 0 Å². The minimum absolute atomic E-state index is 0.159. The van der Waals surface area contributed by atoms with E-state index in [4.69, 9.17) is 4.74 Å². The fourth-order valence-corrected chi connectivity index (χ4v) is 2.12. The number of halogens is 3. The third-order valence-electron chi connectivity index (χ3n) is 3.40. The first-order valence-electron chi connectivity index (χ1n) is 7.08. The zero-order chi connectivity index (χ0) is 19.5. The van der Waals surface area contributed by atoms with Crippen LogP contribution in [0.3, 0.4) is 0 Å². The number of ketones is 1. The number of nitrogens with zero attached hydrogens (tertiary/aromatic N) is 1. The lowest BCUT2D eigenvalue weighted by atomic mass is 10.1. The van der Waals surface area contributed by atoms with Crippen molar-refractivity contribution < 1.29 is 32.7 Å². The number of carbonyl (C=O) groups excluding carboxylic acids is 1. The Morgan fingerprint density at radius 1 is 1.27 bits per heavy atom. The van der Waals surface area contributed by atoms with Crippen molar-refractivity contribution in [2.45, 2.75) is 6.18 Å². The van der Waals surface area contributed by atoms with Gasteiger partial charge < -0.3 is 9.84 Å². The fraction of sp³-hybridized carbons (Fsp3) is 0.118. The molecule has 0 atom stereocenters. The number of phenolic OH excluding ortho intramolecular Hbond substituents is 1. The molecule has 0 heterocycles. The molecule has 1 N–H and O–H groups in total. The van der Waals surface area contributed by atoms with Crippen LogP contribution in [0.25, 0.3) is 6.08 Å². The molecular formula is C17H12F3NO5. The van der Waals surface area contributed by atoms with E-state index in [-0.39, 0.29) is 16.9 Å². The predicted octanol–water partition coefficient (Wildman–Crippen LogP) is 4.22. The Bertz CT molecular complexity index is 890. The maximum Gasteiger partial charge on any atom is 0.416 e. The van der Waals surface area contributed by atoms with Gasteiger partial charge in [0.05, 0.1) is 17.6 Å². The summed E-state index contributed by atoms with van der Waals surface area (Å²) in [6.45, 7) is 0. The molecule has 0 aliphatic rings. The van der Waals surface area contributed by atoms with Gasteiger partial charge in [0.2, 0.25) is 5.75 Å². The maximum absolute atomic E-state index is 12.7. The minimum Gasteiger partial charge on any atom is -0.500 e. The second-order valence-electron chi connectivity index (χ2n) is 5.12. The molecule has 0 bridgehead atoms. The molecule has 0 unspecified atom stereocenters. The van der Waals surface area contributed by atoms with Crippen molar-refractivity contribution in [3.63, 3.8) is 0 Å². The van der Waals surface area contributed by atoms with Gasteiger partial charge in [0.15, 0.2) is 11.5 Å². The van der Waals surface area contributed by atoms with Gasteiger partial charge in [-0.3, -0.25) is 14.9 Å². The molecule has 2 aromatic rings. The Morgan fingerprint density at radius 3 is 2.54 bits per heavy atom. The van der Waals surface area contributed by atoms with Gasteiger partial charge in [0.25, 0.3) is 0 Å². The van der Waals surface area contributed by atoms with Crippen LogP contribution in [-0.2, 0) is 6.18 Å². The van der Waals surface area contributed by atoms with Crippen LogP contribution in [0.5, 0.6) is 11.5 Å². The monoisotopic (exact) mass is 367 g/mol. The summed E-state index contributed by atoms with van der Waals surface area (Å²) in [7, 11) is 1.19.